The average Bonchev–Trinajstić information content (AvgIpc) is 2.34. The molecule has 1 aliphatic rings. The Hall–Kier alpha value is -1.14. The van der Waals surface area contributed by atoms with Gasteiger partial charge in [0.1, 0.15) is 6.04 Å². The zero-order valence-corrected chi connectivity index (χ0v) is 5.18. The Morgan fingerprint density at radius 3 is 2.90 bits per heavy atom. The monoisotopic (exact) mass is 144 g/mol. The SMILES string of the molecule is NNC(=O)C1CC(=O)NN1. The summed E-state index contributed by atoms with van der Waals surface area (Å²) < 4.78 is 0. The van der Waals surface area contributed by atoms with Crippen LogP contribution in [0.15, 0.2) is 0 Å². The molecule has 0 aromatic rings. The smallest absolute Gasteiger partial charge is 0.253 e. The van der Waals surface area contributed by atoms with Crippen LogP contribution in [-0.4, -0.2) is 17.9 Å². The van der Waals surface area contributed by atoms with Crippen LogP contribution in [0.4, 0.5) is 0 Å². The molecule has 6 heteroatoms. The molecule has 0 saturated carbocycles. The topological polar surface area (TPSA) is 96.2 Å². The molecule has 1 rings (SSSR count). The number of nitrogens with two attached hydrogens (primary N) is 1. The minimum Gasteiger partial charge on any atom is -0.293 e. The van der Waals surface area contributed by atoms with Crippen molar-refractivity contribution in [3.05, 3.63) is 0 Å². The fourth-order valence-electron chi connectivity index (χ4n) is 0.714. The number of rotatable bonds is 1. The number of amides is 2. The lowest BCUT2D eigenvalue weighted by atomic mass is 10.2. The second-order valence-electron chi connectivity index (χ2n) is 1.96. The lowest BCUT2D eigenvalue weighted by Crippen LogP contribution is -2.45. The largest absolute Gasteiger partial charge is 0.293 e. The summed E-state index contributed by atoms with van der Waals surface area (Å²) >= 11 is 0. The van der Waals surface area contributed by atoms with Gasteiger partial charge >= 0.3 is 0 Å². The van der Waals surface area contributed by atoms with Crippen molar-refractivity contribution in [3.8, 4) is 0 Å². The highest BCUT2D eigenvalue weighted by Crippen LogP contribution is 1.95. The standard InChI is InChI=1S/C4H8N4O2/c5-6-4(10)2-1-3(9)8-7-2/h2,7H,1,5H2,(H,6,10)(H,8,9). The van der Waals surface area contributed by atoms with Gasteiger partial charge in [0.2, 0.25) is 5.91 Å². The van der Waals surface area contributed by atoms with Crippen molar-refractivity contribution in [2.75, 3.05) is 0 Å². The Morgan fingerprint density at radius 1 is 1.80 bits per heavy atom. The van der Waals surface area contributed by atoms with Crippen LogP contribution in [0.2, 0.25) is 0 Å². The second-order valence-corrected chi connectivity index (χ2v) is 1.96. The minimum absolute atomic E-state index is 0.142. The van der Waals surface area contributed by atoms with Gasteiger partial charge in [-0.3, -0.25) is 20.4 Å². The van der Waals surface area contributed by atoms with Crippen molar-refractivity contribution in [2.45, 2.75) is 12.5 Å². The minimum atomic E-state index is -0.530. The van der Waals surface area contributed by atoms with Crippen LogP contribution in [0.25, 0.3) is 0 Å². The van der Waals surface area contributed by atoms with Crippen LogP contribution in [0.3, 0.4) is 0 Å². The van der Waals surface area contributed by atoms with E-state index in [0.29, 0.717) is 0 Å². The van der Waals surface area contributed by atoms with Gasteiger partial charge in [0.15, 0.2) is 0 Å². The molecule has 0 aromatic heterocycles. The Labute approximate surface area is 57.1 Å². The number of hydrazine groups is 2. The van der Waals surface area contributed by atoms with Gasteiger partial charge in [-0.25, -0.2) is 11.3 Å². The van der Waals surface area contributed by atoms with E-state index >= 15 is 0 Å². The molecule has 1 atom stereocenters. The predicted octanol–water partition coefficient (Wildman–Crippen LogP) is -2.63. The third-order valence-electron chi connectivity index (χ3n) is 1.23. The van der Waals surface area contributed by atoms with Crippen molar-refractivity contribution in [2.24, 2.45) is 5.84 Å². The van der Waals surface area contributed by atoms with E-state index in [2.05, 4.69) is 10.9 Å². The molecule has 0 aliphatic carbocycles. The fourth-order valence-corrected chi connectivity index (χ4v) is 0.714. The zero-order valence-electron chi connectivity index (χ0n) is 5.18. The molecule has 1 heterocycles. The fraction of sp³-hybridized carbons (Fsp3) is 0.500. The highest BCUT2D eigenvalue weighted by Gasteiger charge is 2.26. The highest BCUT2D eigenvalue weighted by atomic mass is 16.2. The van der Waals surface area contributed by atoms with Crippen LogP contribution in [0.5, 0.6) is 0 Å². The van der Waals surface area contributed by atoms with Gasteiger partial charge in [-0.2, -0.15) is 0 Å². The van der Waals surface area contributed by atoms with E-state index in [1.165, 1.54) is 0 Å². The normalized spacial score (nSPS) is 24.1. The van der Waals surface area contributed by atoms with Crippen molar-refractivity contribution in [3.63, 3.8) is 0 Å². The van der Waals surface area contributed by atoms with Crippen LogP contribution >= 0.6 is 0 Å². The van der Waals surface area contributed by atoms with Gasteiger partial charge in [-0.05, 0) is 0 Å². The Balaban J connectivity index is 2.44. The summed E-state index contributed by atoms with van der Waals surface area (Å²) in [4.78, 5) is 21.1. The molecular formula is C4H8N4O2. The molecular weight excluding hydrogens is 136 g/mol. The van der Waals surface area contributed by atoms with Crippen molar-refractivity contribution < 1.29 is 9.59 Å². The van der Waals surface area contributed by atoms with Gasteiger partial charge in [0, 0.05) is 0 Å². The number of carbonyl (C=O) groups excluding carboxylic acids is 2. The van der Waals surface area contributed by atoms with Crippen molar-refractivity contribution in [1.29, 1.82) is 0 Å². The Bertz CT molecular complexity index is 169. The highest BCUT2D eigenvalue weighted by molar-refractivity contribution is 5.90. The summed E-state index contributed by atoms with van der Waals surface area (Å²) in [6.07, 6.45) is 0.142. The van der Waals surface area contributed by atoms with E-state index in [-0.39, 0.29) is 12.3 Å². The first-order chi connectivity index (χ1) is 4.74. The number of hydrogen-bond acceptors (Lipinski definition) is 4. The first kappa shape index (κ1) is 6.97. The first-order valence-corrected chi connectivity index (χ1v) is 2.79. The average molecular weight is 144 g/mol. The van der Waals surface area contributed by atoms with E-state index in [1.807, 2.05) is 5.43 Å². The van der Waals surface area contributed by atoms with E-state index in [4.69, 9.17) is 5.84 Å². The van der Waals surface area contributed by atoms with Crippen LogP contribution in [0.1, 0.15) is 6.42 Å². The van der Waals surface area contributed by atoms with E-state index in [0.717, 1.165) is 0 Å². The summed E-state index contributed by atoms with van der Waals surface area (Å²) in [5, 5.41) is 0. The molecule has 0 aromatic carbocycles. The van der Waals surface area contributed by atoms with Gasteiger partial charge < -0.3 is 0 Å². The lowest BCUT2D eigenvalue weighted by Gasteiger charge is -2.03. The van der Waals surface area contributed by atoms with Crippen molar-refractivity contribution in [1.82, 2.24) is 16.3 Å². The third-order valence-corrected chi connectivity index (χ3v) is 1.23. The van der Waals surface area contributed by atoms with Gasteiger partial charge in [0.05, 0.1) is 6.42 Å². The molecule has 2 amide bonds. The molecule has 0 bridgehead atoms. The van der Waals surface area contributed by atoms with Gasteiger partial charge in [0.25, 0.3) is 5.91 Å². The Morgan fingerprint density at radius 2 is 2.50 bits per heavy atom. The summed E-state index contributed by atoms with van der Waals surface area (Å²) in [6, 6.07) is -0.530. The van der Waals surface area contributed by atoms with Crippen molar-refractivity contribution >= 4 is 11.8 Å². The molecule has 1 saturated heterocycles. The van der Waals surface area contributed by atoms with Crippen LogP contribution in [-0.2, 0) is 9.59 Å². The molecule has 0 spiro atoms. The maximum absolute atomic E-state index is 10.7. The molecule has 0 radical (unpaired) electrons. The van der Waals surface area contributed by atoms with Gasteiger partial charge in [-0.1, -0.05) is 0 Å². The number of carbonyl (C=O) groups is 2. The lowest BCUT2D eigenvalue weighted by molar-refractivity contribution is -0.124. The first-order valence-electron chi connectivity index (χ1n) is 2.79. The molecule has 6 nitrogen and oxygen atoms in total. The number of nitrogens with one attached hydrogen (secondary N) is 3. The Kier molecular flexibility index (Phi) is 1.83. The summed E-state index contributed by atoms with van der Waals surface area (Å²) in [5.41, 5.74) is 6.68. The third kappa shape index (κ3) is 1.23. The molecule has 56 valence electrons. The maximum atomic E-state index is 10.7. The van der Waals surface area contributed by atoms with Gasteiger partial charge in [-0.15, -0.1) is 0 Å². The summed E-state index contributed by atoms with van der Waals surface area (Å²) in [6.45, 7) is 0. The van der Waals surface area contributed by atoms with Crippen LogP contribution in [0, 0.1) is 0 Å². The number of hydrogen-bond donors (Lipinski definition) is 4. The molecule has 5 N–H and O–H groups in total. The van der Waals surface area contributed by atoms with E-state index in [1.54, 1.807) is 0 Å². The quantitative estimate of drug-likeness (QED) is 0.184. The van der Waals surface area contributed by atoms with E-state index in [9.17, 15) is 9.59 Å². The summed E-state index contributed by atoms with van der Waals surface area (Å²) in [7, 11) is 0. The molecule has 10 heavy (non-hydrogen) atoms. The summed E-state index contributed by atoms with van der Waals surface area (Å²) in [5.74, 6) is 4.23. The zero-order chi connectivity index (χ0) is 7.56. The predicted molar refractivity (Wildman–Crippen MR) is 32.0 cm³/mol. The molecule has 1 unspecified atom stereocenters. The molecule has 1 aliphatic heterocycles. The molecule has 1 fully saturated rings. The second kappa shape index (κ2) is 2.63. The maximum Gasteiger partial charge on any atom is 0.253 e. The van der Waals surface area contributed by atoms with E-state index < -0.39 is 11.9 Å². The van der Waals surface area contributed by atoms with Crippen LogP contribution < -0.4 is 22.1 Å².